The van der Waals surface area contributed by atoms with Crippen LogP contribution in [0.1, 0.15) is 84.9 Å². The van der Waals surface area contributed by atoms with Crippen LogP contribution in [0.25, 0.3) is 29.9 Å². The fourth-order valence-electron chi connectivity index (χ4n) is 6.83. The molecule has 10 nitrogen and oxygen atoms in total. The molecule has 8 bridgehead atoms. The van der Waals surface area contributed by atoms with Crippen molar-refractivity contribution in [2.45, 2.75) is 66.3 Å². The van der Waals surface area contributed by atoms with Gasteiger partial charge in [-0.05, 0) is 80.0 Å². The first-order valence-corrected chi connectivity index (χ1v) is 14.8. The number of aliphatic imine (C=N–C) groups is 1. The van der Waals surface area contributed by atoms with E-state index in [0.717, 1.165) is 38.7 Å². The third kappa shape index (κ3) is 5.25. The van der Waals surface area contributed by atoms with Gasteiger partial charge in [0.1, 0.15) is 0 Å². The van der Waals surface area contributed by atoms with Gasteiger partial charge < -0.3 is 30.6 Å². The zero-order chi connectivity index (χ0) is 32.0. The molecule has 0 saturated carbocycles. The molecule has 0 aliphatic carbocycles. The van der Waals surface area contributed by atoms with Crippen molar-refractivity contribution in [2.75, 3.05) is 0 Å². The maximum Gasteiger partial charge on any atom is 0.338 e. The number of carboxylic acids is 3. The highest BCUT2D eigenvalue weighted by atomic mass is 16.4. The van der Waals surface area contributed by atoms with E-state index < -0.39 is 24.3 Å². The average Bonchev–Trinajstić information content (AvgIpc) is 3.63. The Morgan fingerprint density at radius 3 is 2.34 bits per heavy atom. The number of aromatic nitrogens is 2. The minimum Gasteiger partial charge on any atom is -0.481 e. The zero-order valence-electron chi connectivity index (χ0n) is 25.6. The van der Waals surface area contributed by atoms with E-state index in [9.17, 15) is 29.7 Å². The van der Waals surface area contributed by atoms with E-state index in [1.807, 2.05) is 52.0 Å². The van der Waals surface area contributed by atoms with Crippen LogP contribution in [0.2, 0.25) is 0 Å². The number of nitrogens with zero attached hydrogens (tertiary/aromatic N) is 1. The van der Waals surface area contributed by atoms with Crippen molar-refractivity contribution in [1.29, 1.82) is 0 Å². The van der Waals surface area contributed by atoms with Gasteiger partial charge in [-0.2, -0.15) is 0 Å². The lowest BCUT2D eigenvalue weighted by atomic mass is 9.84. The lowest BCUT2D eigenvalue weighted by Crippen LogP contribution is -2.27. The molecule has 1 unspecified atom stereocenters. The molecular weight excluding hydrogens is 560 g/mol. The predicted octanol–water partition coefficient (Wildman–Crippen LogP) is 4.37. The second kappa shape index (κ2) is 11.7. The Balaban J connectivity index is 1.91. The summed E-state index contributed by atoms with van der Waals surface area (Å²) in [6, 6.07) is -0.296. The van der Waals surface area contributed by atoms with Gasteiger partial charge in [0, 0.05) is 51.6 Å². The van der Waals surface area contributed by atoms with Crippen molar-refractivity contribution >= 4 is 53.5 Å². The largest absolute Gasteiger partial charge is 0.481 e. The number of aromatic carboxylic acids is 1. The summed E-state index contributed by atoms with van der Waals surface area (Å²) in [6.07, 6.45) is 8.07. The van der Waals surface area contributed by atoms with Crippen LogP contribution in [0.5, 0.6) is 0 Å². The number of rotatable bonds is 8. The van der Waals surface area contributed by atoms with Crippen LogP contribution in [0, 0.1) is 25.7 Å². The maximum atomic E-state index is 12.7. The number of allylic oxidation sites excluding steroid dienone is 3. The second-order valence-electron chi connectivity index (χ2n) is 11.7. The molecule has 2 aromatic heterocycles. The number of hydrogen-bond donors (Lipinski definition) is 6. The van der Waals surface area contributed by atoms with Gasteiger partial charge in [-0.25, -0.2) is 9.79 Å². The standard InChI is InChI=1S/C34H38N4O6/c1-7-19-15(3)23-12-25-17(5)21(9-10-29(39)40)32(37-25)22(11-30(41)42)33-31(34(43)44)18(6)26(38-33)14-28-20(8-2)16(4)24(36-28)13-27(19)35-23/h7,12-14,17,21,25,35,37-38H,1,8-11H2,2-6H3,(H,39,40)(H,41,42)(H,43,44)/b23-12+,27-13-,28-14-,32-22-/t17-,21-,25?/m0/s1. The molecule has 10 heteroatoms. The number of hydrogen-bond acceptors (Lipinski definition) is 5. The summed E-state index contributed by atoms with van der Waals surface area (Å²) in [5, 5.41) is 35.2. The smallest absolute Gasteiger partial charge is 0.338 e. The topological polar surface area (TPSA) is 168 Å². The number of nitrogens with one attached hydrogen (secondary N) is 3. The molecule has 3 atom stereocenters. The minimum absolute atomic E-state index is 0.0173. The molecular formula is C34H38N4O6. The van der Waals surface area contributed by atoms with Crippen molar-refractivity contribution in [2.24, 2.45) is 16.8 Å². The number of carbonyl (C=O) groups is 3. The Kier molecular flexibility index (Phi) is 8.11. The van der Waals surface area contributed by atoms with E-state index in [1.54, 1.807) is 6.92 Å². The monoisotopic (exact) mass is 598 g/mol. The molecule has 1 fully saturated rings. The molecule has 0 amide bonds. The summed E-state index contributed by atoms with van der Waals surface area (Å²) in [4.78, 5) is 48.4. The Bertz CT molecular complexity index is 1860. The van der Waals surface area contributed by atoms with E-state index in [4.69, 9.17) is 4.99 Å². The van der Waals surface area contributed by atoms with E-state index >= 15 is 0 Å². The molecule has 3 aliphatic rings. The van der Waals surface area contributed by atoms with Crippen molar-refractivity contribution in [3.63, 3.8) is 0 Å². The van der Waals surface area contributed by atoms with Crippen LogP contribution in [0.4, 0.5) is 0 Å². The summed E-state index contributed by atoms with van der Waals surface area (Å²) in [7, 11) is 0. The third-order valence-corrected chi connectivity index (χ3v) is 9.24. The number of aliphatic carboxylic acids is 2. The highest BCUT2D eigenvalue weighted by molar-refractivity contribution is 6.23. The third-order valence-electron chi connectivity index (χ3n) is 9.24. The van der Waals surface area contributed by atoms with Gasteiger partial charge in [0.2, 0.25) is 0 Å². The number of carboxylic acid groups (broad SMARTS) is 3. The first-order valence-electron chi connectivity index (χ1n) is 14.8. The SMILES string of the molecule is C=Cc1c(C)/c2[nH]/c1=C\C1=NC(=C\c3[nH]c(c(C(=O)O)c3C)/C(CC(=O)O)=C3\NC(/C=2)[C@@H](C)[C@@H]3CCC(=O)O)/C(CC)=C1C. The molecule has 0 radical (unpaired) electrons. The van der Waals surface area contributed by atoms with Gasteiger partial charge in [-0.3, -0.25) is 9.59 Å². The Morgan fingerprint density at radius 1 is 1.00 bits per heavy atom. The molecule has 6 N–H and O–H groups in total. The van der Waals surface area contributed by atoms with E-state index in [1.165, 1.54) is 0 Å². The van der Waals surface area contributed by atoms with Gasteiger partial charge in [-0.15, -0.1) is 0 Å². The van der Waals surface area contributed by atoms with E-state index in [0.29, 0.717) is 34.6 Å². The molecule has 0 spiro atoms. The summed E-state index contributed by atoms with van der Waals surface area (Å²) in [6.45, 7) is 13.8. The fourth-order valence-corrected chi connectivity index (χ4v) is 6.83. The summed E-state index contributed by atoms with van der Waals surface area (Å²) in [5.74, 6) is -3.76. The first-order chi connectivity index (χ1) is 20.9. The molecule has 0 aromatic carbocycles. The lowest BCUT2D eigenvalue weighted by Gasteiger charge is -2.19. The summed E-state index contributed by atoms with van der Waals surface area (Å²) in [5.41, 5.74) is 7.46. The Morgan fingerprint density at radius 2 is 1.73 bits per heavy atom. The molecule has 5 rings (SSSR count). The molecule has 230 valence electrons. The lowest BCUT2D eigenvalue weighted by molar-refractivity contribution is -0.137. The van der Waals surface area contributed by atoms with Crippen LogP contribution in [-0.4, -0.2) is 54.9 Å². The normalized spacial score (nSPS) is 25.2. The van der Waals surface area contributed by atoms with Crippen LogP contribution < -0.4 is 16.0 Å². The zero-order valence-corrected chi connectivity index (χ0v) is 25.6. The van der Waals surface area contributed by atoms with Crippen molar-refractivity contribution in [3.05, 3.63) is 73.5 Å². The molecule has 44 heavy (non-hydrogen) atoms. The minimum atomic E-state index is -1.19. The fraction of sp³-hybridized carbons (Fsp3) is 0.353. The van der Waals surface area contributed by atoms with E-state index in [2.05, 4.69) is 21.9 Å². The Hall–Kier alpha value is -4.86. The number of fused-ring (bicyclic) bond motifs is 7. The second-order valence-corrected chi connectivity index (χ2v) is 11.7. The van der Waals surface area contributed by atoms with Gasteiger partial charge in [0.05, 0.1) is 29.1 Å². The van der Waals surface area contributed by atoms with Crippen molar-refractivity contribution < 1.29 is 29.7 Å². The van der Waals surface area contributed by atoms with Gasteiger partial charge in [-0.1, -0.05) is 26.5 Å². The Labute approximate surface area is 255 Å². The van der Waals surface area contributed by atoms with Gasteiger partial charge in [0.15, 0.2) is 0 Å². The molecule has 2 aromatic rings. The van der Waals surface area contributed by atoms with Crippen molar-refractivity contribution in [3.8, 4) is 0 Å². The van der Waals surface area contributed by atoms with Crippen LogP contribution in [-0.2, 0) is 9.59 Å². The molecule has 5 heterocycles. The quantitative estimate of drug-likeness (QED) is 0.262. The number of aromatic amines is 2. The van der Waals surface area contributed by atoms with Crippen LogP contribution in [0.15, 0.2) is 34.1 Å². The number of H-pyrrole nitrogens is 2. The average molecular weight is 599 g/mol. The predicted molar refractivity (Wildman–Crippen MR) is 170 cm³/mol. The van der Waals surface area contributed by atoms with Gasteiger partial charge in [0.25, 0.3) is 0 Å². The first kappa shape index (κ1) is 30.6. The van der Waals surface area contributed by atoms with Crippen molar-refractivity contribution in [1.82, 2.24) is 15.3 Å². The highest BCUT2D eigenvalue weighted by Crippen LogP contribution is 2.41. The maximum absolute atomic E-state index is 12.7. The summed E-state index contributed by atoms with van der Waals surface area (Å²) < 4.78 is 0. The van der Waals surface area contributed by atoms with Gasteiger partial charge >= 0.3 is 17.9 Å². The molecule has 3 aliphatic heterocycles. The summed E-state index contributed by atoms with van der Waals surface area (Å²) >= 11 is 0. The van der Waals surface area contributed by atoms with E-state index in [-0.39, 0.29) is 42.0 Å². The van der Waals surface area contributed by atoms with Crippen LogP contribution >= 0.6 is 0 Å². The highest BCUT2D eigenvalue weighted by Gasteiger charge is 2.39. The molecule has 1 saturated heterocycles. The van der Waals surface area contributed by atoms with Crippen LogP contribution in [0.3, 0.4) is 0 Å².